The van der Waals surface area contributed by atoms with Crippen molar-refractivity contribution < 1.29 is 22.8 Å². The van der Waals surface area contributed by atoms with Gasteiger partial charge >= 0.3 is 0 Å². The molecule has 1 atom stereocenters. The van der Waals surface area contributed by atoms with Gasteiger partial charge in [-0.3, -0.25) is 14.4 Å². The molecule has 1 aromatic carbocycles. The van der Waals surface area contributed by atoms with Crippen molar-refractivity contribution in [2.24, 2.45) is 5.14 Å². The second-order valence-corrected chi connectivity index (χ2v) is 8.56. The van der Waals surface area contributed by atoms with Gasteiger partial charge in [0.25, 0.3) is 11.8 Å². The van der Waals surface area contributed by atoms with Crippen LogP contribution in [0.2, 0.25) is 0 Å². The lowest BCUT2D eigenvalue weighted by Crippen LogP contribution is -2.45. The molecule has 3 rings (SSSR count). The third-order valence-electron chi connectivity index (χ3n) is 4.24. The Morgan fingerprint density at radius 2 is 1.96 bits per heavy atom. The Morgan fingerprint density at radius 3 is 2.50 bits per heavy atom. The van der Waals surface area contributed by atoms with E-state index in [1.165, 1.54) is 46.6 Å². The molecule has 2 aromatic rings. The van der Waals surface area contributed by atoms with Crippen LogP contribution in [-0.2, 0) is 19.6 Å². The Hall–Kier alpha value is -2.82. The predicted molar refractivity (Wildman–Crippen MR) is 104 cm³/mol. The molecule has 0 aliphatic carbocycles. The quantitative estimate of drug-likeness (QED) is 0.560. The molecule has 0 radical (unpaired) electrons. The van der Waals surface area contributed by atoms with Gasteiger partial charge in [0, 0.05) is 6.54 Å². The van der Waals surface area contributed by atoms with Gasteiger partial charge in [0.1, 0.15) is 6.04 Å². The first-order valence-electron chi connectivity index (χ1n) is 8.19. The van der Waals surface area contributed by atoms with Crippen LogP contribution in [0.15, 0.2) is 59.3 Å². The summed E-state index contributed by atoms with van der Waals surface area (Å²) in [7, 11) is -3.89. The molecule has 10 heteroatoms. The van der Waals surface area contributed by atoms with Crippen LogP contribution in [0, 0.1) is 0 Å². The molecule has 1 aliphatic heterocycles. The van der Waals surface area contributed by atoms with E-state index in [1.54, 1.807) is 17.5 Å². The van der Waals surface area contributed by atoms with Crippen LogP contribution in [0.3, 0.4) is 0 Å². The van der Waals surface area contributed by atoms with Crippen LogP contribution < -0.4 is 10.0 Å². The number of carbonyl (C=O) groups is 3. The van der Waals surface area contributed by atoms with Crippen molar-refractivity contribution in [2.45, 2.75) is 17.4 Å². The van der Waals surface area contributed by atoms with Crippen LogP contribution in [0.5, 0.6) is 0 Å². The van der Waals surface area contributed by atoms with Crippen LogP contribution in [0.4, 0.5) is 5.69 Å². The maximum absolute atomic E-state index is 12.9. The average Bonchev–Trinajstić information content (AvgIpc) is 3.27. The number of imide groups is 1. The number of sulfonamides is 1. The standard InChI is InChI=1S/C18H17N3O5S2/c1-2-9-20(18(24)15-4-3-10-27-15)14-11-16(22)21(17(14)23)12-5-7-13(8-6-12)28(19,25)26/h2-8,10,14H,1,9,11H2,(H2,19,25,26). The van der Waals surface area contributed by atoms with E-state index >= 15 is 0 Å². The third-order valence-corrected chi connectivity index (χ3v) is 6.03. The SMILES string of the molecule is C=CCN(C(=O)c1cccs1)C1CC(=O)N(c2ccc(S(N)(=O)=O)cc2)C1=O. The average molecular weight is 419 g/mol. The van der Waals surface area contributed by atoms with Crippen molar-refractivity contribution in [1.82, 2.24) is 4.90 Å². The molecule has 2 heterocycles. The summed E-state index contributed by atoms with van der Waals surface area (Å²) >= 11 is 1.24. The first kappa shape index (κ1) is 19.9. The molecule has 0 spiro atoms. The maximum atomic E-state index is 12.9. The van der Waals surface area contributed by atoms with Crippen LogP contribution in [0.25, 0.3) is 0 Å². The largest absolute Gasteiger partial charge is 0.322 e. The molecule has 2 N–H and O–H groups in total. The van der Waals surface area contributed by atoms with Gasteiger partial charge in [0.15, 0.2) is 0 Å². The molecule has 1 fully saturated rings. The Labute approximate surface area is 165 Å². The lowest BCUT2D eigenvalue weighted by atomic mass is 10.2. The van der Waals surface area contributed by atoms with E-state index in [2.05, 4.69) is 6.58 Å². The highest BCUT2D eigenvalue weighted by atomic mass is 32.2. The van der Waals surface area contributed by atoms with Gasteiger partial charge in [-0.1, -0.05) is 12.1 Å². The van der Waals surface area contributed by atoms with Gasteiger partial charge in [0.05, 0.1) is 21.9 Å². The molecule has 0 bridgehead atoms. The second kappa shape index (κ2) is 7.66. The van der Waals surface area contributed by atoms with Crippen molar-refractivity contribution in [3.05, 3.63) is 59.3 Å². The van der Waals surface area contributed by atoms with Crippen molar-refractivity contribution >= 4 is 44.8 Å². The normalized spacial score (nSPS) is 17.0. The number of anilines is 1. The fourth-order valence-corrected chi connectivity index (χ4v) is 4.14. The molecule has 8 nitrogen and oxygen atoms in total. The van der Waals surface area contributed by atoms with E-state index in [4.69, 9.17) is 5.14 Å². The minimum Gasteiger partial charge on any atom is -0.322 e. The fraction of sp³-hybridized carbons (Fsp3) is 0.167. The summed E-state index contributed by atoms with van der Waals surface area (Å²) in [6.07, 6.45) is 1.33. The van der Waals surface area contributed by atoms with Gasteiger partial charge < -0.3 is 4.90 Å². The number of primary sulfonamides is 1. The number of nitrogens with two attached hydrogens (primary N) is 1. The van der Waals surface area contributed by atoms with E-state index in [0.29, 0.717) is 4.88 Å². The summed E-state index contributed by atoms with van der Waals surface area (Å²) < 4.78 is 22.7. The minimum atomic E-state index is -3.89. The zero-order valence-corrected chi connectivity index (χ0v) is 16.3. The zero-order valence-electron chi connectivity index (χ0n) is 14.6. The Morgan fingerprint density at radius 1 is 1.29 bits per heavy atom. The molecular formula is C18H17N3O5S2. The summed E-state index contributed by atoms with van der Waals surface area (Å²) in [6.45, 7) is 3.73. The number of rotatable bonds is 6. The molecule has 1 aromatic heterocycles. The molecule has 1 unspecified atom stereocenters. The zero-order chi connectivity index (χ0) is 20.5. The second-order valence-electron chi connectivity index (χ2n) is 6.05. The summed E-state index contributed by atoms with van der Waals surface area (Å²) in [5.41, 5.74) is 0.215. The molecule has 28 heavy (non-hydrogen) atoms. The first-order chi connectivity index (χ1) is 13.2. The van der Waals surface area contributed by atoms with E-state index in [9.17, 15) is 22.8 Å². The lowest BCUT2D eigenvalue weighted by molar-refractivity contribution is -0.122. The molecule has 3 amide bonds. The van der Waals surface area contributed by atoms with Gasteiger partial charge in [-0.05, 0) is 35.7 Å². The monoisotopic (exact) mass is 419 g/mol. The molecule has 146 valence electrons. The summed E-state index contributed by atoms with van der Waals surface area (Å²) in [5, 5.41) is 6.81. The number of amides is 3. The summed E-state index contributed by atoms with van der Waals surface area (Å²) in [5.74, 6) is -1.39. The van der Waals surface area contributed by atoms with Gasteiger partial charge in [-0.15, -0.1) is 17.9 Å². The van der Waals surface area contributed by atoms with E-state index in [-0.39, 0.29) is 29.5 Å². The number of hydrogen-bond acceptors (Lipinski definition) is 6. The van der Waals surface area contributed by atoms with Crippen LogP contribution in [0.1, 0.15) is 16.1 Å². The molecule has 1 saturated heterocycles. The lowest BCUT2D eigenvalue weighted by Gasteiger charge is -2.26. The Balaban J connectivity index is 1.89. The topological polar surface area (TPSA) is 118 Å². The maximum Gasteiger partial charge on any atom is 0.264 e. The van der Waals surface area contributed by atoms with Crippen LogP contribution in [-0.4, -0.2) is 43.6 Å². The number of carbonyl (C=O) groups excluding carboxylic acids is 3. The predicted octanol–water partition coefficient (Wildman–Crippen LogP) is 1.36. The van der Waals surface area contributed by atoms with E-state index < -0.39 is 27.9 Å². The highest BCUT2D eigenvalue weighted by Crippen LogP contribution is 2.28. The number of thiophene rings is 1. The minimum absolute atomic E-state index is 0.110. The van der Waals surface area contributed by atoms with Gasteiger partial charge in [-0.2, -0.15) is 0 Å². The van der Waals surface area contributed by atoms with Crippen molar-refractivity contribution in [1.29, 1.82) is 0 Å². The van der Waals surface area contributed by atoms with E-state index in [1.807, 2.05) is 0 Å². The highest BCUT2D eigenvalue weighted by Gasteiger charge is 2.44. The smallest absolute Gasteiger partial charge is 0.264 e. The van der Waals surface area contributed by atoms with Gasteiger partial charge in [0.2, 0.25) is 15.9 Å². The van der Waals surface area contributed by atoms with Crippen LogP contribution >= 0.6 is 11.3 Å². The number of benzene rings is 1. The Kier molecular flexibility index (Phi) is 5.45. The number of hydrogen-bond donors (Lipinski definition) is 1. The number of nitrogens with zero attached hydrogens (tertiary/aromatic N) is 2. The van der Waals surface area contributed by atoms with Crippen molar-refractivity contribution in [3.8, 4) is 0 Å². The summed E-state index contributed by atoms with van der Waals surface area (Å²) in [6, 6.07) is 7.51. The Bertz CT molecular complexity index is 1030. The first-order valence-corrected chi connectivity index (χ1v) is 10.6. The highest BCUT2D eigenvalue weighted by molar-refractivity contribution is 7.89. The van der Waals surface area contributed by atoms with E-state index in [0.717, 1.165) is 4.90 Å². The summed E-state index contributed by atoms with van der Waals surface area (Å²) in [4.78, 5) is 40.8. The third kappa shape index (κ3) is 3.75. The van der Waals surface area contributed by atoms with Gasteiger partial charge in [-0.25, -0.2) is 18.5 Å². The van der Waals surface area contributed by atoms with Crippen molar-refractivity contribution in [3.63, 3.8) is 0 Å². The molecule has 0 saturated carbocycles. The fourth-order valence-electron chi connectivity index (χ4n) is 2.95. The van der Waals surface area contributed by atoms with Crippen molar-refractivity contribution in [2.75, 3.05) is 11.4 Å². The molecular weight excluding hydrogens is 402 g/mol. The molecule has 1 aliphatic rings.